The van der Waals surface area contributed by atoms with Crippen LogP contribution in [-0.2, 0) is 20.5 Å². The second-order valence-electron chi connectivity index (χ2n) is 1.58. The zero-order valence-electron chi connectivity index (χ0n) is 4.94. The Bertz CT molecular complexity index is 175. The Labute approximate surface area is 102 Å². The zero-order chi connectivity index (χ0) is 5.98. The van der Waals surface area contributed by atoms with E-state index in [9.17, 15) is 4.79 Å². The third kappa shape index (κ3) is 4.09. The van der Waals surface area contributed by atoms with Gasteiger partial charge in [-0.2, -0.15) is 0 Å². The number of halogens is 2. The molecule has 1 aliphatic rings. The minimum absolute atomic E-state index is 0. The number of rotatable bonds is 1. The van der Waals surface area contributed by atoms with Gasteiger partial charge in [0.25, 0.3) is 0 Å². The first-order valence-corrected chi connectivity index (χ1v) is 2.86. The molecule has 0 radical (unpaired) electrons. The molecule has 4 heteroatoms. The second-order valence-corrected chi connectivity index (χ2v) is 2.05. The topological polar surface area (TPSA) is 17.1 Å². The third-order valence-corrected chi connectivity index (χ3v) is 1.34. The molecule has 1 nitrogen and oxygen atoms in total. The molecule has 0 bridgehead atoms. The van der Waals surface area contributed by atoms with E-state index in [1.807, 2.05) is 12.2 Å². The molecule has 1 aliphatic carbocycles. The van der Waals surface area contributed by atoms with Gasteiger partial charge in [0.15, 0.2) is 0 Å². The second kappa shape index (κ2) is 6.80. The van der Waals surface area contributed by atoms with E-state index in [0.29, 0.717) is 0 Å². The Morgan fingerprint density at radius 2 is 2.10 bits per heavy atom. The quantitative estimate of drug-likeness (QED) is 0.399. The van der Waals surface area contributed by atoms with Gasteiger partial charge in [0, 0.05) is 0 Å². The molecule has 0 fully saturated rings. The van der Waals surface area contributed by atoms with Gasteiger partial charge in [0.05, 0.1) is 0 Å². The predicted octanol–water partition coefficient (Wildman–Crippen LogP) is -5.05. The van der Waals surface area contributed by atoms with Crippen molar-refractivity contribution in [2.24, 2.45) is 0 Å². The molecule has 0 amide bonds. The van der Waals surface area contributed by atoms with Crippen molar-refractivity contribution in [1.82, 2.24) is 0 Å². The van der Waals surface area contributed by atoms with Crippen LogP contribution in [0.25, 0.3) is 0 Å². The maximum atomic E-state index is 10.4. The van der Waals surface area contributed by atoms with Crippen LogP contribution in [0.3, 0.4) is 0 Å². The molecule has 0 aromatic carbocycles. The summed E-state index contributed by atoms with van der Waals surface area (Å²) < 4.78 is -0.123. The van der Waals surface area contributed by atoms with Crippen LogP contribution in [0.2, 0.25) is 0 Å². The van der Waals surface area contributed by atoms with Crippen LogP contribution in [-0.4, -0.2) is 4.72 Å². The normalized spacial score (nSPS) is 13.1. The fraction of sp³-hybridized carbons (Fsp3) is 0.167. The molecule has 0 saturated carbocycles. The largest absolute Gasteiger partial charge is 1.00 e. The zero-order valence-corrected chi connectivity index (χ0v) is 10.3. The summed E-state index contributed by atoms with van der Waals surface area (Å²) in [5.41, 5.74) is 0.782. The average Bonchev–Trinajstić information content (AvgIpc) is 2.12. The van der Waals surface area contributed by atoms with Crippen molar-refractivity contribution in [2.75, 3.05) is 0 Å². The standard InChI is InChI=1S/C6H5O.Co.2HI/c7-5-6-3-1-2-4-6;;;/h1-3H,4H2;;2*1H/q;+2;;/p-2. The fourth-order valence-corrected chi connectivity index (χ4v) is 0.778. The average molecular weight is 406 g/mol. The van der Waals surface area contributed by atoms with Gasteiger partial charge in [-0.25, -0.2) is 0 Å². The molecule has 0 unspecified atom stereocenters. The van der Waals surface area contributed by atoms with E-state index >= 15 is 0 Å². The Kier molecular flexibility index (Phi) is 9.31. The molecule has 0 N–H and O–H groups in total. The van der Waals surface area contributed by atoms with Crippen molar-refractivity contribution in [3.63, 3.8) is 0 Å². The minimum Gasteiger partial charge on any atom is -1.00 e. The van der Waals surface area contributed by atoms with Gasteiger partial charge >= 0.3 is 55.5 Å². The van der Waals surface area contributed by atoms with E-state index in [1.54, 1.807) is 6.08 Å². The molecule has 0 saturated heterocycles. The molecule has 0 heterocycles. The van der Waals surface area contributed by atoms with Crippen molar-refractivity contribution in [2.45, 2.75) is 6.42 Å². The molecule has 58 valence electrons. The summed E-state index contributed by atoms with van der Waals surface area (Å²) in [6.45, 7) is 0. The van der Waals surface area contributed by atoms with Gasteiger partial charge in [-0.1, -0.05) is 0 Å². The van der Waals surface area contributed by atoms with E-state index in [2.05, 4.69) is 15.7 Å². The predicted molar refractivity (Wildman–Crippen MR) is 26.8 cm³/mol. The molecular formula is C6H5CoI2O. The van der Waals surface area contributed by atoms with Crippen LogP contribution in [0.1, 0.15) is 6.42 Å². The smallest absolute Gasteiger partial charge is 1.00 e. The summed E-state index contributed by atoms with van der Waals surface area (Å²) in [6, 6.07) is 0. The fourth-order valence-electron chi connectivity index (χ4n) is 0.585. The molecular weight excluding hydrogens is 401 g/mol. The van der Waals surface area contributed by atoms with Gasteiger partial charge in [-0.3, -0.25) is 0 Å². The van der Waals surface area contributed by atoms with Crippen LogP contribution >= 0.6 is 0 Å². The first kappa shape index (κ1) is 13.7. The summed E-state index contributed by atoms with van der Waals surface area (Å²) in [6.07, 6.45) is 6.33. The van der Waals surface area contributed by atoms with Crippen LogP contribution in [0, 0.1) is 0 Å². The number of allylic oxidation sites excluding steroid dienone is 4. The maximum Gasteiger partial charge on any atom is -1.00 e. The van der Waals surface area contributed by atoms with Crippen LogP contribution < -0.4 is 48.0 Å². The number of hydrogen-bond donors (Lipinski definition) is 0. The van der Waals surface area contributed by atoms with E-state index in [4.69, 9.17) is 0 Å². The van der Waals surface area contributed by atoms with Crippen LogP contribution in [0.5, 0.6) is 0 Å². The van der Waals surface area contributed by atoms with E-state index in [-0.39, 0.29) is 52.7 Å². The van der Waals surface area contributed by atoms with Gasteiger partial charge in [-0.15, -0.1) is 0 Å². The summed E-state index contributed by atoms with van der Waals surface area (Å²) in [4.78, 5) is 10.4. The number of carbonyl (C=O) groups excluding carboxylic acids is 1. The number of carbonyl (C=O) groups is 1. The van der Waals surface area contributed by atoms with Crippen molar-refractivity contribution in [3.05, 3.63) is 23.8 Å². The molecule has 0 spiro atoms. The van der Waals surface area contributed by atoms with Crippen molar-refractivity contribution >= 4 is 4.72 Å². The van der Waals surface area contributed by atoms with E-state index in [0.717, 1.165) is 12.0 Å². The third-order valence-electron chi connectivity index (χ3n) is 1.01. The van der Waals surface area contributed by atoms with Crippen molar-refractivity contribution in [3.8, 4) is 0 Å². The summed E-state index contributed by atoms with van der Waals surface area (Å²) >= 11 is 3.69. The Hall–Kier alpha value is 1.12. The van der Waals surface area contributed by atoms with Crippen LogP contribution in [0.15, 0.2) is 23.8 Å². The van der Waals surface area contributed by atoms with Crippen LogP contribution in [0.4, 0.5) is 0 Å². The minimum atomic E-state index is -0.123. The number of hydrogen-bond acceptors (Lipinski definition) is 1. The molecule has 0 atom stereocenters. The first-order chi connectivity index (χ1) is 3.80. The molecule has 0 aromatic rings. The van der Waals surface area contributed by atoms with Crippen molar-refractivity contribution in [1.29, 1.82) is 0 Å². The maximum absolute atomic E-state index is 10.4. The monoisotopic (exact) mass is 406 g/mol. The SMILES string of the molecule is O=[C]([Co+2])C1=CC=CC1.[I-].[I-]. The van der Waals surface area contributed by atoms with E-state index < -0.39 is 0 Å². The Balaban J connectivity index is 0. The van der Waals surface area contributed by atoms with Crippen molar-refractivity contribution < 1.29 is 68.5 Å². The van der Waals surface area contributed by atoms with Gasteiger partial charge in [0.2, 0.25) is 0 Å². The van der Waals surface area contributed by atoms with Gasteiger partial charge in [0.1, 0.15) is 0 Å². The summed E-state index contributed by atoms with van der Waals surface area (Å²) in [5, 5.41) is 0. The summed E-state index contributed by atoms with van der Waals surface area (Å²) in [7, 11) is 0. The first-order valence-electron chi connectivity index (χ1n) is 2.34. The molecule has 1 rings (SSSR count). The Morgan fingerprint density at radius 1 is 1.50 bits per heavy atom. The van der Waals surface area contributed by atoms with Gasteiger partial charge in [-0.05, 0) is 0 Å². The molecule has 0 aromatic heterocycles. The van der Waals surface area contributed by atoms with Gasteiger partial charge < -0.3 is 48.0 Å². The molecule has 10 heavy (non-hydrogen) atoms. The summed E-state index contributed by atoms with van der Waals surface area (Å²) in [5.74, 6) is 0. The molecule has 0 aliphatic heterocycles. The Morgan fingerprint density at radius 3 is 2.30 bits per heavy atom. The van der Waals surface area contributed by atoms with E-state index in [1.165, 1.54) is 0 Å².